The average molecular weight is 480 g/mol. The fourth-order valence-electron chi connectivity index (χ4n) is 3.14. The molecule has 1 aromatic heterocycles. The molecule has 2 heterocycles. The zero-order valence-electron chi connectivity index (χ0n) is 16.6. The molecule has 1 aliphatic rings. The minimum Gasteiger partial charge on any atom is -0.406 e. The van der Waals surface area contributed by atoms with Crippen LogP contribution in [-0.2, 0) is 0 Å². The Morgan fingerprint density at radius 1 is 1.06 bits per heavy atom. The zero-order valence-corrected chi connectivity index (χ0v) is 17.3. The number of hydrogen-bond donors (Lipinski definition) is 1. The number of hydrazone groups is 1. The molecule has 2 amide bonds. The van der Waals surface area contributed by atoms with E-state index in [1.807, 2.05) is 0 Å². The molecular weight excluding hydrogens is 466 g/mol. The van der Waals surface area contributed by atoms with Gasteiger partial charge in [0.1, 0.15) is 17.4 Å². The van der Waals surface area contributed by atoms with E-state index in [2.05, 4.69) is 25.1 Å². The highest BCUT2D eigenvalue weighted by atomic mass is 35.5. The second-order valence-corrected chi connectivity index (χ2v) is 7.33. The van der Waals surface area contributed by atoms with Gasteiger partial charge in [-0.25, -0.2) is 24.2 Å². The number of nitrogens with one attached hydrogen (secondary N) is 1. The van der Waals surface area contributed by atoms with E-state index >= 15 is 0 Å². The quantitative estimate of drug-likeness (QED) is 0.521. The average Bonchev–Trinajstić information content (AvgIpc) is 3.21. The van der Waals surface area contributed by atoms with Crippen LogP contribution in [0.1, 0.15) is 17.3 Å². The number of rotatable bonds is 4. The van der Waals surface area contributed by atoms with Crippen LogP contribution in [0.25, 0.3) is 0 Å². The highest BCUT2D eigenvalue weighted by Crippen LogP contribution is 2.28. The summed E-state index contributed by atoms with van der Waals surface area (Å²) in [6, 6.07) is 9.63. The Morgan fingerprint density at radius 3 is 2.30 bits per heavy atom. The molecular formula is C21H14ClF4N5O2. The number of anilines is 1. The van der Waals surface area contributed by atoms with E-state index in [-0.39, 0.29) is 12.2 Å². The summed E-state index contributed by atoms with van der Waals surface area (Å²) in [6.07, 6.45) is -1.98. The molecule has 3 aromatic rings. The van der Waals surface area contributed by atoms with Crippen LogP contribution in [0.3, 0.4) is 0 Å². The SMILES string of the molecule is O=C(Nc1ccc(OC(F)(F)F)cc1)N1CC(c2ncc(Cl)cn2)C(c2ccc(F)cc2)=N1. The zero-order chi connectivity index (χ0) is 23.6. The monoisotopic (exact) mass is 479 g/mol. The first-order valence-corrected chi connectivity index (χ1v) is 9.82. The summed E-state index contributed by atoms with van der Waals surface area (Å²) < 4.78 is 54.1. The Balaban J connectivity index is 1.55. The maximum atomic E-state index is 13.4. The second kappa shape index (κ2) is 9.02. The van der Waals surface area contributed by atoms with Gasteiger partial charge >= 0.3 is 12.4 Å². The van der Waals surface area contributed by atoms with Crippen LogP contribution >= 0.6 is 11.6 Å². The number of ether oxygens (including phenoxy) is 1. The molecule has 12 heteroatoms. The van der Waals surface area contributed by atoms with E-state index in [0.717, 1.165) is 17.1 Å². The molecule has 7 nitrogen and oxygen atoms in total. The summed E-state index contributed by atoms with van der Waals surface area (Å²) in [5, 5.41) is 8.39. The molecule has 0 bridgehead atoms. The first-order chi connectivity index (χ1) is 15.7. The number of amides is 2. The Morgan fingerprint density at radius 2 is 1.70 bits per heavy atom. The first-order valence-electron chi connectivity index (χ1n) is 9.44. The molecule has 1 unspecified atom stereocenters. The second-order valence-electron chi connectivity index (χ2n) is 6.89. The lowest BCUT2D eigenvalue weighted by Crippen LogP contribution is -2.30. The third-order valence-corrected chi connectivity index (χ3v) is 4.77. The Bertz CT molecular complexity index is 1170. The van der Waals surface area contributed by atoms with Crippen molar-refractivity contribution in [3.05, 3.63) is 83.2 Å². The molecule has 4 rings (SSSR count). The molecule has 0 radical (unpaired) electrons. The predicted octanol–water partition coefficient (Wildman–Crippen LogP) is 5.20. The number of alkyl halides is 3. The van der Waals surface area contributed by atoms with Gasteiger partial charge in [-0.05, 0) is 42.0 Å². The van der Waals surface area contributed by atoms with Crippen molar-refractivity contribution < 1.29 is 27.1 Å². The van der Waals surface area contributed by atoms with E-state index < -0.39 is 29.9 Å². The van der Waals surface area contributed by atoms with Crippen molar-refractivity contribution in [2.24, 2.45) is 5.10 Å². The molecule has 0 fully saturated rings. The highest BCUT2D eigenvalue weighted by molar-refractivity contribution is 6.30. The van der Waals surface area contributed by atoms with Gasteiger partial charge < -0.3 is 10.1 Å². The van der Waals surface area contributed by atoms with Gasteiger partial charge in [-0.2, -0.15) is 5.10 Å². The van der Waals surface area contributed by atoms with Crippen molar-refractivity contribution in [2.45, 2.75) is 12.3 Å². The van der Waals surface area contributed by atoms with Crippen molar-refractivity contribution in [1.29, 1.82) is 0 Å². The summed E-state index contributed by atoms with van der Waals surface area (Å²) in [6.45, 7) is 0.0788. The van der Waals surface area contributed by atoms with E-state index in [1.54, 1.807) is 0 Å². The molecule has 170 valence electrons. The van der Waals surface area contributed by atoms with Gasteiger partial charge in [0.15, 0.2) is 0 Å². The van der Waals surface area contributed by atoms with E-state index in [9.17, 15) is 22.4 Å². The molecule has 1 N–H and O–H groups in total. The lowest BCUT2D eigenvalue weighted by atomic mass is 9.96. The summed E-state index contributed by atoms with van der Waals surface area (Å²) in [5.74, 6) is -0.991. The number of aromatic nitrogens is 2. The van der Waals surface area contributed by atoms with Gasteiger partial charge in [0, 0.05) is 18.1 Å². The van der Waals surface area contributed by atoms with Gasteiger partial charge in [-0.15, -0.1) is 13.2 Å². The first kappa shape index (κ1) is 22.5. The largest absolute Gasteiger partial charge is 0.573 e. The number of hydrogen-bond acceptors (Lipinski definition) is 5. The van der Waals surface area contributed by atoms with Crippen LogP contribution in [0.4, 0.5) is 28.0 Å². The summed E-state index contributed by atoms with van der Waals surface area (Å²) in [4.78, 5) is 21.2. The topological polar surface area (TPSA) is 79.7 Å². The Labute approximate surface area is 189 Å². The Kier molecular flexibility index (Phi) is 6.14. The smallest absolute Gasteiger partial charge is 0.406 e. The molecule has 1 aliphatic heterocycles. The fourth-order valence-corrected chi connectivity index (χ4v) is 3.24. The van der Waals surface area contributed by atoms with Crippen LogP contribution < -0.4 is 10.1 Å². The summed E-state index contributed by atoms with van der Waals surface area (Å²) >= 11 is 5.86. The van der Waals surface area contributed by atoms with Crippen molar-refractivity contribution >= 4 is 29.0 Å². The third kappa shape index (κ3) is 5.55. The molecule has 0 saturated heterocycles. The molecule has 0 saturated carbocycles. The van der Waals surface area contributed by atoms with Gasteiger partial charge in [0.25, 0.3) is 0 Å². The number of nitrogens with zero attached hydrogens (tertiary/aromatic N) is 4. The van der Waals surface area contributed by atoms with Gasteiger partial charge in [-0.1, -0.05) is 23.7 Å². The maximum Gasteiger partial charge on any atom is 0.573 e. The summed E-state index contributed by atoms with van der Waals surface area (Å²) in [7, 11) is 0. The van der Waals surface area contributed by atoms with Crippen molar-refractivity contribution in [3.8, 4) is 5.75 Å². The minimum absolute atomic E-state index is 0.0788. The van der Waals surface area contributed by atoms with Crippen molar-refractivity contribution in [3.63, 3.8) is 0 Å². The normalized spacial score (nSPS) is 15.8. The summed E-state index contributed by atoms with van der Waals surface area (Å²) in [5.41, 5.74) is 1.25. The number of carbonyl (C=O) groups excluding carboxylic acids is 1. The van der Waals surface area contributed by atoms with E-state index in [0.29, 0.717) is 22.1 Å². The van der Waals surface area contributed by atoms with E-state index in [1.165, 1.54) is 48.8 Å². The van der Waals surface area contributed by atoms with Crippen molar-refractivity contribution in [2.75, 3.05) is 11.9 Å². The predicted molar refractivity (Wildman–Crippen MR) is 112 cm³/mol. The minimum atomic E-state index is -4.81. The van der Waals surface area contributed by atoms with Gasteiger partial charge in [-0.3, -0.25) is 0 Å². The fraction of sp³-hybridized carbons (Fsp3) is 0.143. The molecule has 0 spiro atoms. The third-order valence-electron chi connectivity index (χ3n) is 4.58. The Hall–Kier alpha value is -3.73. The number of carbonyl (C=O) groups is 1. The van der Waals surface area contributed by atoms with Crippen LogP contribution in [0, 0.1) is 5.82 Å². The van der Waals surface area contributed by atoms with Crippen LogP contribution in [0.2, 0.25) is 5.02 Å². The van der Waals surface area contributed by atoms with Gasteiger partial charge in [0.2, 0.25) is 0 Å². The van der Waals surface area contributed by atoms with E-state index in [4.69, 9.17) is 11.6 Å². The van der Waals surface area contributed by atoms with Crippen LogP contribution in [-0.4, -0.2) is 39.6 Å². The maximum absolute atomic E-state index is 13.4. The number of benzene rings is 2. The van der Waals surface area contributed by atoms with Crippen LogP contribution in [0.5, 0.6) is 5.75 Å². The lowest BCUT2D eigenvalue weighted by molar-refractivity contribution is -0.274. The van der Waals surface area contributed by atoms with Crippen LogP contribution in [0.15, 0.2) is 66.0 Å². The molecule has 1 atom stereocenters. The van der Waals surface area contributed by atoms with Gasteiger partial charge in [0.05, 0.1) is 23.2 Å². The lowest BCUT2D eigenvalue weighted by Gasteiger charge is -2.15. The van der Waals surface area contributed by atoms with Crippen molar-refractivity contribution in [1.82, 2.24) is 15.0 Å². The number of halogens is 5. The molecule has 2 aromatic carbocycles. The molecule has 33 heavy (non-hydrogen) atoms. The standard InChI is InChI=1S/C21H14ClF4N5O2/c22-13-9-27-19(28-10-13)17-11-31(30-18(17)12-1-3-14(23)4-2-12)20(32)29-15-5-7-16(8-6-15)33-21(24,25)26/h1-10,17H,11H2,(H,29,32). The highest BCUT2D eigenvalue weighted by Gasteiger charge is 2.34. The number of urea groups is 1. The molecule has 0 aliphatic carbocycles.